The molecule has 1 unspecified atom stereocenters. The molecule has 2 aromatic rings. The molecule has 0 N–H and O–H groups in total. The molecular formula is C15H13ClF2. The number of alkyl halides is 1. The van der Waals surface area contributed by atoms with Gasteiger partial charge in [0.15, 0.2) is 0 Å². The molecule has 0 aliphatic carbocycles. The van der Waals surface area contributed by atoms with Crippen LogP contribution in [0.4, 0.5) is 8.78 Å². The highest BCUT2D eigenvalue weighted by Crippen LogP contribution is 2.31. The van der Waals surface area contributed by atoms with Crippen LogP contribution in [0.3, 0.4) is 0 Å². The Labute approximate surface area is 110 Å². The Bertz CT molecular complexity index is 558. The molecule has 0 saturated heterocycles. The summed E-state index contributed by atoms with van der Waals surface area (Å²) in [5, 5.41) is -0.607. The summed E-state index contributed by atoms with van der Waals surface area (Å²) in [6.45, 7) is 3.92. The van der Waals surface area contributed by atoms with Crippen molar-refractivity contribution in [2.24, 2.45) is 0 Å². The van der Waals surface area contributed by atoms with Gasteiger partial charge in [0, 0.05) is 11.6 Å². The summed E-state index contributed by atoms with van der Waals surface area (Å²) >= 11 is 6.27. The van der Waals surface area contributed by atoms with E-state index >= 15 is 0 Å². The molecule has 0 aliphatic rings. The van der Waals surface area contributed by atoms with Gasteiger partial charge in [0.25, 0.3) is 0 Å². The van der Waals surface area contributed by atoms with Gasteiger partial charge in [0.2, 0.25) is 0 Å². The molecule has 0 fully saturated rings. The van der Waals surface area contributed by atoms with E-state index in [9.17, 15) is 8.78 Å². The summed E-state index contributed by atoms with van der Waals surface area (Å²) in [5.41, 5.74) is 3.25. The lowest BCUT2D eigenvalue weighted by atomic mass is 10.00. The molecule has 2 aromatic carbocycles. The van der Waals surface area contributed by atoms with Crippen LogP contribution in [0.15, 0.2) is 36.4 Å². The second-order valence-electron chi connectivity index (χ2n) is 4.45. The molecule has 0 aliphatic heterocycles. The second-order valence-corrected chi connectivity index (χ2v) is 4.89. The van der Waals surface area contributed by atoms with E-state index in [1.807, 2.05) is 32.0 Å². The Hall–Kier alpha value is -1.41. The highest BCUT2D eigenvalue weighted by atomic mass is 35.5. The Morgan fingerprint density at radius 2 is 1.56 bits per heavy atom. The summed E-state index contributed by atoms with van der Waals surface area (Å²) in [5.74, 6) is -1.21. The molecule has 1 atom stereocenters. The zero-order valence-corrected chi connectivity index (χ0v) is 10.9. The number of hydrogen-bond donors (Lipinski definition) is 0. The minimum absolute atomic E-state index is 0.295. The van der Waals surface area contributed by atoms with Crippen LogP contribution in [0, 0.1) is 25.5 Å². The highest BCUT2D eigenvalue weighted by Gasteiger charge is 2.16. The third-order valence-electron chi connectivity index (χ3n) is 2.77. The van der Waals surface area contributed by atoms with Crippen molar-refractivity contribution >= 4 is 11.6 Å². The van der Waals surface area contributed by atoms with Gasteiger partial charge >= 0.3 is 0 Å². The average Bonchev–Trinajstić information content (AvgIpc) is 2.26. The average molecular weight is 267 g/mol. The third kappa shape index (κ3) is 2.70. The quantitative estimate of drug-likeness (QED) is 0.678. The maximum absolute atomic E-state index is 13.7. The van der Waals surface area contributed by atoms with Gasteiger partial charge in [-0.2, -0.15) is 0 Å². The number of rotatable bonds is 2. The van der Waals surface area contributed by atoms with Crippen LogP contribution >= 0.6 is 11.6 Å². The molecule has 94 valence electrons. The maximum atomic E-state index is 13.7. The zero-order valence-electron chi connectivity index (χ0n) is 10.2. The normalized spacial score (nSPS) is 12.5. The van der Waals surface area contributed by atoms with Gasteiger partial charge in [0.1, 0.15) is 11.6 Å². The number of halogens is 3. The molecule has 3 heteroatoms. The Morgan fingerprint density at radius 1 is 0.944 bits per heavy atom. The summed E-state index contributed by atoms with van der Waals surface area (Å²) in [7, 11) is 0. The number of aryl methyl sites for hydroxylation is 2. The molecular weight excluding hydrogens is 254 g/mol. The highest BCUT2D eigenvalue weighted by molar-refractivity contribution is 6.22. The fourth-order valence-corrected chi connectivity index (χ4v) is 2.35. The van der Waals surface area contributed by atoms with Crippen LogP contribution in [0.2, 0.25) is 0 Å². The number of benzene rings is 2. The van der Waals surface area contributed by atoms with Gasteiger partial charge in [-0.3, -0.25) is 0 Å². The van der Waals surface area contributed by atoms with Crippen LogP contribution in [0.25, 0.3) is 0 Å². The van der Waals surface area contributed by atoms with Gasteiger partial charge in [-0.05, 0) is 25.5 Å². The lowest BCUT2D eigenvalue weighted by Crippen LogP contribution is -1.99. The minimum atomic E-state index is -0.617. The maximum Gasteiger partial charge on any atom is 0.131 e. The summed E-state index contributed by atoms with van der Waals surface area (Å²) in [6.07, 6.45) is 0. The van der Waals surface area contributed by atoms with E-state index < -0.39 is 17.0 Å². The first kappa shape index (κ1) is 13.0. The van der Waals surface area contributed by atoms with E-state index in [2.05, 4.69) is 0 Å². The summed E-state index contributed by atoms with van der Waals surface area (Å²) < 4.78 is 26.5. The van der Waals surface area contributed by atoms with E-state index in [1.54, 1.807) is 0 Å². The summed E-state index contributed by atoms with van der Waals surface area (Å²) in [6, 6.07) is 9.30. The summed E-state index contributed by atoms with van der Waals surface area (Å²) in [4.78, 5) is 0. The minimum Gasteiger partial charge on any atom is -0.207 e. The third-order valence-corrected chi connectivity index (χ3v) is 3.26. The van der Waals surface area contributed by atoms with E-state index in [0.29, 0.717) is 5.56 Å². The molecule has 0 aromatic heterocycles. The predicted molar refractivity (Wildman–Crippen MR) is 70.0 cm³/mol. The van der Waals surface area contributed by atoms with Gasteiger partial charge in [-0.1, -0.05) is 35.4 Å². The lowest BCUT2D eigenvalue weighted by Gasteiger charge is -2.13. The fourth-order valence-electron chi connectivity index (χ4n) is 2.04. The van der Waals surface area contributed by atoms with Crippen LogP contribution in [0.5, 0.6) is 0 Å². The van der Waals surface area contributed by atoms with E-state index in [1.165, 1.54) is 12.1 Å². The molecule has 0 saturated carbocycles. The molecule has 0 bridgehead atoms. The Kier molecular flexibility index (Phi) is 3.67. The van der Waals surface area contributed by atoms with Crippen molar-refractivity contribution in [3.63, 3.8) is 0 Å². The van der Waals surface area contributed by atoms with Crippen LogP contribution in [0.1, 0.15) is 27.6 Å². The SMILES string of the molecule is Cc1cc(C)cc(C(Cl)c2ccc(F)cc2F)c1. The smallest absolute Gasteiger partial charge is 0.131 e. The van der Waals surface area contributed by atoms with Crippen molar-refractivity contribution in [2.45, 2.75) is 19.2 Å². The van der Waals surface area contributed by atoms with E-state index in [-0.39, 0.29) is 0 Å². The first-order chi connectivity index (χ1) is 8.47. The molecule has 0 heterocycles. The standard InChI is InChI=1S/C15H13ClF2/c1-9-5-10(2)7-11(6-9)15(16)13-4-3-12(17)8-14(13)18/h3-8,15H,1-2H3. The fraction of sp³-hybridized carbons (Fsp3) is 0.200. The molecule has 0 spiro atoms. The Morgan fingerprint density at radius 3 is 2.11 bits per heavy atom. The van der Waals surface area contributed by atoms with Gasteiger partial charge < -0.3 is 0 Å². The van der Waals surface area contributed by atoms with Crippen molar-refractivity contribution < 1.29 is 8.78 Å². The number of hydrogen-bond acceptors (Lipinski definition) is 0. The van der Waals surface area contributed by atoms with Crippen LogP contribution in [-0.2, 0) is 0 Å². The molecule has 0 amide bonds. The van der Waals surface area contributed by atoms with Crippen molar-refractivity contribution in [3.05, 3.63) is 70.3 Å². The molecule has 2 rings (SSSR count). The topological polar surface area (TPSA) is 0 Å². The van der Waals surface area contributed by atoms with Crippen molar-refractivity contribution in [1.82, 2.24) is 0 Å². The van der Waals surface area contributed by atoms with Crippen molar-refractivity contribution in [3.8, 4) is 0 Å². The second kappa shape index (κ2) is 5.07. The monoisotopic (exact) mass is 266 g/mol. The first-order valence-corrected chi connectivity index (χ1v) is 6.08. The molecule has 18 heavy (non-hydrogen) atoms. The van der Waals surface area contributed by atoms with Gasteiger partial charge in [0.05, 0.1) is 5.38 Å². The Balaban J connectivity index is 2.44. The zero-order chi connectivity index (χ0) is 13.3. The molecule has 0 nitrogen and oxygen atoms in total. The largest absolute Gasteiger partial charge is 0.207 e. The van der Waals surface area contributed by atoms with E-state index in [4.69, 9.17) is 11.6 Å². The van der Waals surface area contributed by atoms with Crippen molar-refractivity contribution in [1.29, 1.82) is 0 Å². The van der Waals surface area contributed by atoms with Crippen LogP contribution in [-0.4, -0.2) is 0 Å². The first-order valence-electron chi connectivity index (χ1n) is 5.64. The van der Waals surface area contributed by atoms with Crippen LogP contribution < -0.4 is 0 Å². The predicted octanol–water partition coefficient (Wildman–Crippen LogP) is 4.91. The lowest BCUT2D eigenvalue weighted by molar-refractivity contribution is 0.573. The van der Waals surface area contributed by atoms with Gasteiger partial charge in [-0.25, -0.2) is 8.78 Å². The molecule has 0 radical (unpaired) electrons. The van der Waals surface area contributed by atoms with Crippen molar-refractivity contribution in [2.75, 3.05) is 0 Å². The van der Waals surface area contributed by atoms with E-state index in [0.717, 1.165) is 22.8 Å². The van der Waals surface area contributed by atoms with Gasteiger partial charge in [-0.15, -0.1) is 11.6 Å².